The Morgan fingerprint density at radius 3 is 2.03 bits per heavy atom. The fourth-order valence-electron chi connectivity index (χ4n) is 7.89. The van der Waals surface area contributed by atoms with E-state index in [-0.39, 0.29) is 23.7 Å². The van der Waals surface area contributed by atoms with Crippen LogP contribution in [0.15, 0.2) is 93.6 Å². The van der Waals surface area contributed by atoms with Crippen LogP contribution in [-0.4, -0.2) is 63.4 Å². The molecule has 0 aliphatic rings. The van der Waals surface area contributed by atoms with E-state index in [2.05, 4.69) is 51.5 Å². The summed E-state index contributed by atoms with van der Waals surface area (Å²) in [5.74, 6) is -0.921. The number of ether oxygens (including phenoxy) is 1. The quantitative estimate of drug-likeness (QED) is 0.0299. The highest BCUT2D eigenvalue weighted by Crippen LogP contribution is 2.22. The molecule has 370 valence electrons. The highest BCUT2D eigenvalue weighted by atomic mass is 17.1. The molecule has 0 unspecified atom stereocenters. The van der Waals surface area contributed by atoms with Crippen molar-refractivity contribution in [2.24, 2.45) is 4.99 Å². The molecular formula is C49H64N10O10. The maximum atomic E-state index is 12.8. The van der Waals surface area contributed by atoms with E-state index in [4.69, 9.17) is 14.5 Å². The average molecular weight is 953 g/mol. The average Bonchev–Trinajstić information content (AvgIpc) is 4.17. The largest absolute Gasteiger partial charge is 0.476 e. The first kappa shape index (κ1) is 51.2. The van der Waals surface area contributed by atoms with Crippen LogP contribution in [0.1, 0.15) is 136 Å². The van der Waals surface area contributed by atoms with Crippen molar-refractivity contribution in [1.82, 2.24) is 39.1 Å². The van der Waals surface area contributed by atoms with Crippen LogP contribution in [0.4, 0.5) is 11.4 Å². The van der Waals surface area contributed by atoms with Crippen molar-refractivity contribution in [3.63, 3.8) is 0 Å². The summed E-state index contributed by atoms with van der Waals surface area (Å²) in [5.41, 5.74) is 7.04. The van der Waals surface area contributed by atoms with E-state index in [1.54, 1.807) is 29.3 Å². The van der Waals surface area contributed by atoms with Crippen LogP contribution >= 0.6 is 0 Å². The molecule has 0 saturated heterocycles. The Bertz CT molecular complexity index is 3110. The second-order valence-corrected chi connectivity index (χ2v) is 16.8. The molecular weight excluding hydrogens is 889 g/mol. The molecule has 20 nitrogen and oxygen atoms in total. The Morgan fingerprint density at radius 1 is 0.739 bits per heavy atom. The van der Waals surface area contributed by atoms with Gasteiger partial charge in [-0.2, -0.15) is 34.5 Å². The van der Waals surface area contributed by atoms with Crippen molar-refractivity contribution in [2.75, 3.05) is 18.1 Å². The molecule has 6 aromatic heterocycles. The number of carbonyl (C=O) groups excluding carboxylic acids is 1. The maximum Gasteiger partial charge on any atom is 0.461 e. The summed E-state index contributed by atoms with van der Waals surface area (Å²) in [5, 5.41) is 24.9. The van der Waals surface area contributed by atoms with E-state index in [0.717, 1.165) is 56.2 Å². The van der Waals surface area contributed by atoms with Crippen LogP contribution < -0.4 is 32.4 Å². The molecule has 0 bridgehead atoms. The molecule has 0 fully saturated rings. The standard InChI is InChI=1S/C25H38N4O4.C14H14N4O3.C10H12N2O3/c1-3-4-5-6-7-8-9-10-11-12-13-18-31-24-20(2)23-28-33-25(29(23)27-24)26-22-16-14-21(15-17-22)19-32-30;1-3-17(10-7-5-4-6-8-10)13(19)11-9(2)15-18-12(11)16-21-14(18)20;1-3-4-7-5-6(2)9(13)12-8(7)11-15-10(12)14/h14-17,28,30H,3-13,18-19H2,1-2H3;4-8,16H,3H2,1-2H3;5,11H,3-4H2,1-2H3. The van der Waals surface area contributed by atoms with Crippen LogP contribution in [0, 0.1) is 20.8 Å². The third-order valence-corrected chi connectivity index (χ3v) is 11.6. The lowest BCUT2D eigenvalue weighted by Crippen LogP contribution is -2.31. The van der Waals surface area contributed by atoms with E-state index in [0.29, 0.717) is 52.9 Å². The number of hydrogen-bond acceptors (Lipinski definition) is 13. The molecule has 69 heavy (non-hydrogen) atoms. The van der Waals surface area contributed by atoms with Gasteiger partial charge < -0.3 is 23.2 Å². The molecule has 1 amide bonds. The van der Waals surface area contributed by atoms with Crippen molar-refractivity contribution in [3.8, 4) is 5.88 Å². The number of nitrogens with zero attached hydrogens (tertiary/aromatic N) is 7. The fourth-order valence-corrected chi connectivity index (χ4v) is 7.89. The molecule has 8 aromatic rings. The molecule has 2 aromatic carbocycles. The van der Waals surface area contributed by atoms with Crippen molar-refractivity contribution in [2.45, 2.75) is 132 Å². The van der Waals surface area contributed by atoms with Gasteiger partial charge in [0.1, 0.15) is 12.2 Å². The Kier molecular flexibility index (Phi) is 18.7. The lowest BCUT2D eigenvalue weighted by molar-refractivity contribution is -0.253. The lowest BCUT2D eigenvalue weighted by atomic mass is 10.1. The highest BCUT2D eigenvalue weighted by Gasteiger charge is 2.25. The van der Waals surface area contributed by atoms with Crippen LogP contribution in [-0.2, 0) is 17.9 Å². The molecule has 0 saturated carbocycles. The lowest BCUT2D eigenvalue weighted by Gasteiger charge is -2.20. The van der Waals surface area contributed by atoms with Gasteiger partial charge in [-0.25, -0.2) is 14.5 Å². The van der Waals surface area contributed by atoms with Gasteiger partial charge in [0.2, 0.25) is 5.88 Å². The summed E-state index contributed by atoms with van der Waals surface area (Å²) in [4.78, 5) is 57.4. The first-order valence-corrected chi connectivity index (χ1v) is 23.8. The second kappa shape index (κ2) is 25.3. The minimum absolute atomic E-state index is 0.136. The van der Waals surface area contributed by atoms with Gasteiger partial charge in [-0.15, -0.1) is 9.61 Å². The molecule has 4 N–H and O–H groups in total. The van der Waals surface area contributed by atoms with Crippen molar-refractivity contribution < 1.29 is 33.2 Å². The Hall–Kier alpha value is -7.19. The van der Waals surface area contributed by atoms with Crippen molar-refractivity contribution in [3.05, 3.63) is 131 Å². The van der Waals surface area contributed by atoms with Gasteiger partial charge in [-0.1, -0.05) is 115 Å². The number of para-hydroxylation sites is 1. The number of aromatic nitrogens is 8. The monoisotopic (exact) mass is 952 g/mol. The van der Waals surface area contributed by atoms with Gasteiger partial charge in [-0.05, 0) is 82.0 Å². The van der Waals surface area contributed by atoms with Gasteiger partial charge in [-0.3, -0.25) is 14.8 Å². The minimum atomic E-state index is -0.656. The minimum Gasteiger partial charge on any atom is -0.476 e. The van der Waals surface area contributed by atoms with Crippen molar-refractivity contribution >= 4 is 34.2 Å². The van der Waals surface area contributed by atoms with Gasteiger partial charge >= 0.3 is 17.2 Å². The maximum absolute atomic E-state index is 12.8. The summed E-state index contributed by atoms with van der Waals surface area (Å²) in [6.07, 6.45) is 16.2. The van der Waals surface area contributed by atoms with Gasteiger partial charge in [0.15, 0.2) is 16.9 Å². The molecule has 8 rings (SSSR count). The van der Waals surface area contributed by atoms with E-state index < -0.39 is 11.5 Å². The topological polar surface area (TPSA) is 248 Å². The number of nitrogens with one attached hydrogen (secondary N) is 3. The number of amides is 1. The number of anilines is 1. The molecule has 6 heterocycles. The molecule has 0 atom stereocenters. The van der Waals surface area contributed by atoms with Gasteiger partial charge in [0.25, 0.3) is 11.5 Å². The Balaban J connectivity index is 0.000000185. The zero-order valence-electron chi connectivity index (χ0n) is 40.3. The number of rotatable bonds is 21. The number of benzene rings is 2. The zero-order chi connectivity index (χ0) is 49.3. The van der Waals surface area contributed by atoms with Crippen LogP contribution in [0.25, 0.3) is 16.9 Å². The third-order valence-electron chi connectivity index (χ3n) is 11.6. The summed E-state index contributed by atoms with van der Waals surface area (Å²) in [6.45, 7) is 12.8. The fraction of sp³-hybridized carbons (Fsp3) is 0.449. The number of aromatic amines is 3. The number of hydrogen-bond donors (Lipinski definition) is 4. The number of fused-ring (bicyclic) bond motifs is 3. The Labute approximate surface area is 397 Å². The van der Waals surface area contributed by atoms with E-state index in [1.165, 1.54) is 64.2 Å². The third kappa shape index (κ3) is 12.9. The highest BCUT2D eigenvalue weighted by molar-refractivity contribution is 6.10. The summed E-state index contributed by atoms with van der Waals surface area (Å²) < 4.78 is 24.4. The van der Waals surface area contributed by atoms with E-state index >= 15 is 0 Å². The Morgan fingerprint density at radius 2 is 1.38 bits per heavy atom. The normalized spacial score (nSPS) is 11.6. The molecule has 0 aliphatic heterocycles. The van der Waals surface area contributed by atoms with Gasteiger partial charge in [0, 0.05) is 17.8 Å². The zero-order valence-corrected chi connectivity index (χ0v) is 40.3. The second-order valence-electron chi connectivity index (χ2n) is 16.8. The summed E-state index contributed by atoms with van der Waals surface area (Å²) in [6, 6.07) is 18.4. The molecule has 0 spiro atoms. The first-order chi connectivity index (χ1) is 33.5. The van der Waals surface area contributed by atoms with Crippen LogP contribution in [0.3, 0.4) is 0 Å². The first-order valence-electron chi connectivity index (χ1n) is 23.8. The van der Waals surface area contributed by atoms with Crippen molar-refractivity contribution in [1.29, 1.82) is 0 Å². The van der Waals surface area contributed by atoms with Crippen LogP contribution in [0.2, 0.25) is 0 Å². The predicted molar refractivity (Wildman–Crippen MR) is 259 cm³/mol. The summed E-state index contributed by atoms with van der Waals surface area (Å²) >= 11 is 0. The SMILES string of the molecule is CCCCCCCCCCCCCOc1nn2c(=Nc3ccc(COO)cc3)o[nH]c2c1C.CCCc1cc(C)c(=O)n2c(=O)o[nH]c12.CCN(C(=O)c1c(C)nn2c(=O)o[nH]c12)c1ccccc1. The predicted octanol–water partition coefficient (Wildman–Crippen LogP) is 8.91. The number of aryl methyl sites for hydroxylation is 4. The molecule has 0 radical (unpaired) electrons. The number of carbonyl (C=O) groups is 1. The van der Waals surface area contributed by atoms with E-state index in [1.807, 2.05) is 75.4 Å². The number of pyridine rings is 1. The van der Waals surface area contributed by atoms with Gasteiger partial charge in [0.05, 0.1) is 23.6 Å². The molecule has 20 heteroatoms. The number of unbranched alkanes of at least 4 members (excludes halogenated alkanes) is 10. The summed E-state index contributed by atoms with van der Waals surface area (Å²) in [7, 11) is 0. The smallest absolute Gasteiger partial charge is 0.461 e. The van der Waals surface area contributed by atoms with Crippen LogP contribution in [0.5, 0.6) is 5.88 Å². The molecule has 0 aliphatic carbocycles. The van der Waals surface area contributed by atoms with E-state index in [9.17, 15) is 19.2 Å². The number of H-pyrrole nitrogens is 3.